The molecule has 0 spiro atoms. The first kappa shape index (κ1) is 15.2. The lowest BCUT2D eigenvalue weighted by atomic mass is 9.88. The molecule has 0 aliphatic heterocycles. The molecule has 16 heavy (non-hydrogen) atoms. The van der Waals surface area contributed by atoms with E-state index < -0.39 is 0 Å². The van der Waals surface area contributed by atoms with Crippen LogP contribution in [0, 0.1) is 18.3 Å². The molecule has 0 aliphatic carbocycles. The standard InChI is InChI=1S/C14H25O2/c1-6-12(13(15)16-7-2)10-8-9-11-14(3,4)5/h7,12H,1-2,6,8-11H2,3-5H3. The largest absolute Gasteiger partial charge is 0.435 e. The third-order valence-corrected chi connectivity index (χ3v) is 2.61. The van der Waals surface area contributed by atoms with Crippen molar-refractivity contribution in [1.29, 1.82) is 0 Å². The average Bonchev–Trinajstić information content (AvgIpc) is 2.16. The third-order valence-electron chi connectivity index (χ3n) is 2.61. The van der Waals surface area contributed by atoms with Gasteiger partial charge in [0.25, 0.3) is 0 Å². The Labute approximate surface area is 100 Å². The summed E-state index contributed by atoms with van der Waals surface area (Å²) in [7, 11) is 0. The minimum atomic E-state index is -0.194. The molecule has 0 saturated heterocycles. The van der Waals surface area contributed by atoms with Crippen molar-refractivity contribution < 1.29 is 9.53 Å². The second-order valence-electron chi connectivity index (χ2n) is 5.40. The predicted molar refractivity (Wildman–Crippen MR) is 67.7 cm³/mol. The maximum atomic E-state index is 11.4. The van der Waals surface area contributed by atoms with Gasteiger partial charge in [0.15, 0.2) is 0 Å². The fourth-order valence-corrected chi connectivity index (χ4v) is 1.60. The molecule has 0 aromatic rings. The summed E-state index contributed by atoms with van der Waals surface area (Å²) in [5, 5.41) is 0. The molecule has 0 N–H and O–H groups in total. The summed E-state index contributed by atoms with van der Waals surface area (Å²) in [5.41, 5.74) is 0.377. The van der Waals surface area contributed by atoms with Crippen LogP contribution in [-0.4, -0.2) is 5.97 Å². The van der Waals surface area contributed by atoms with E-state index in [4.69, 9.17) is 4.74 Å². The zero-order valence-electron chi connectivity index (χ0n) is 10.9. The van der Waals surface area contributed by atoms with Gasteiger partial charge in [-0.25, -0.2) is 0 Å². The Morgan fingerprint density at radius 2 is 2.00 bits per heavy atom. The molecule has 0 heterocycles. The smallest absolute Gasteiger partial charge is 0.313 e. The molecule has 0 aromatic carbocycles. The maximum absolute atomic E-state index is 11.4. The van der Waals surface area contributed by atoms with E-state index in [0.29, 0.717) is 11.8 Å². The van der Waals surface area contributed by atoms with Gasteiger partial charge in [-0.2, -0.15) is 0 Å². The van der Waals surface area contributed by atoms with Gasteiger partial charge in [-0.05, 0) is 24.7 Å². The highest BCUT2D eigenvalue weighted by Crippen LogP contribution is 2.23. The number of carbonyl (C=O) groups excluding carboxylic acids is 1. The molecule has 1 radical (unpaired) electrons. The van der Waals surface area contributed by atoms with E-state index in [2.05, 4.69) is 34.3 Å². The molecule has 0 aromatic heterocycles. The van der Waals surface area contributed by atoms with Gasteiger partial charge in [-0.15, -0.1) is 0 Å². The zero-order chi connectivity index (χ0) is 12.6. The summed E-state index contributed by atoms with van der Waals surface area (Å²) >= 11 is 0. The number of esters is 1. The number of carbonyl (C=O) groups is 1. The predicted octanol–water partition coefficient (Wildman–Crippen LogP) is 4.12. The lowest BCUT2D eigenvalue weighted by molar-refractivity contribution is -0.142. The fraction of sp³-hybridized carbons (Fsp3) is 0.714. The zero-order valence-corrected chi connectivity index (χ0v) is 10.9. The second kappa shape index (κ2) is 7.48. The molecule has 2 nitrogen and oxygen atoms in total. The Balaban J connectivity index is 3.79. The molecule has 1 atom stereocenters. The van der Waals surface area contributed by atoms with Crippen molar-refractivity contribution in [3.63, 3.8) is 0 Å². The Morgan fingerprint density at radius 3 is 2.44 bits per heavy atom. The molecular formula is C14H25O2. The Bertz CT molecular complexity index is 213. The fourth-order valence-electron chi connectivity index (χ4n) is 1.60. The van der Waals surface area contributed by atoms with Crippen molar-refractivity contribution in [2.45, 2.75) is 52.9 Å². The van der Waals surface area contributed by atoms with Crippen LogP contribution in [0.2, 0.25) is 0 Å². The number of rotatable bonds is 7. The van der Waals surface area contributed by atoms with Crippen molar-refractivity contribution in [1.82, 2.24) is 0 Å². The number of hydrogen-bond donors (Lipinski definition) is 0. The van der Waals surface area contributed by atoms with E-state index in [0.717, 1.165) is 19.3 Å². The van der Waals surface area contributed by atoms with Crippen molar-refractivity contribution >= 4 is 5.97 Å². The van der Waals surface area contributed by atoms with Gasteiger partial charge in [-0.3, -0.25) is 4.79 Å². The topological polar surface area (TPSA) is 26.3 Å². The summed E-state index contributed by atoms with van der Waals surface area (Å²) in [5.74, 6) is -0.265. The maximum Gasteiger partial charge on any atom is 0.313 e. The molecule has 0 aliphatic rings. The van der Waals surface area contributed by atoms with Gasteiger partial charge >= 0.3 is 5.97 Å². The van der Waals surface area contributed by atoms with E-state index in [-0.39, 0.29) is 11.9 Å². The van der Waals surface area contributed by atoms with E-state index >= 15 is 0 Å². The molecule has 0 fully saturated rings. The molecule has 0 saturated carbocycles. The summed E-state index contributed by atoms with van der Waals surface area (Å²) in [6, 6.07) is 0. The third kappa shape index (κ3) is 7.49. The Morgan fingerprint density at radius 1 is 1.38 bits per heavy atom. The summed E-state index contributed by atoms with van der Waals surface area (Å²) in [6.45, 7) is 13.9. The van der Waals surface area contributed by atoms with E-state index in [1.54, 1.807) is 0 Å². The molecular weight excluding hydrogens is 200 g/mol. The van der Waals surface area contributed by atoms with E-state index in [1.165, 1.54) is 12.7 Å². The van der Waals surface area contributed by atoms with Crippen LogP contribution >= 0.6 is 0 Å². The lowest BCUT2D eigenvalue weighted by Gasteiger charge is -2.18. The van der Waals surface area contributed by atoms with Crippen molar-refractivity contribution in [2.24, 2.45) is 11.3 Å². The molecule has 0 rings (SSSR count). The van der Waals surface area contributed by atoms with Crippen molar-refractivity contribution in [2.75, 3.05) is 0 Å². The molecule has 2 heteroatoms. The van der Waals surface area contributed by atoms with Gasteiger partial charge in [0.05, 0.1) is 12.2 Å². The highest BCUT2D eigenvalue weighted by molar-refractivity contribution is 5.72. The van der Waals surface area contributed by atoms with E-state index in [1.807, 2.05) is 0 Å². The first-order chi connectivity index (χ1) is 7.40. The van der Waals surface area contributed by atoms with Crippen LogP contribution in [0.5, 0.6) is 0 Å². The normalized spacial score (nSPS) is 13.2. The van der Waals surface area contributed by atoms with Crippen LogP contribution in [0.4, 0.5) is 0 Å². The van der Waals surface area contributed by atoms with Crippen molar-refractivity contribution in [3.8, 4) is 0 Å². The number of unbranched alkanes of at least 4 members (excludes halogenated alkanes) is 1. The SMILES string of the molecule is [CH2]CC(CCCCC(C)(C)C)C(=O)OC=C. The second-order valence-corrected chi connectivity index (χ2v) is 5.40. The van der Waals surface area contributed by atoms with Crippen LogP contribution in [0.1, 0.15) is 52.9 Å². The molecule has 0 bridgehead atoms. The molecule has 0 amide bonds. The Hall–Kier alpha value is -0.790. The van der Waals surface area contributed by atoms with Crippen molar-refractivity contribution in [3.05, 3.63) is 19.8 Å². The molecule has 93 valence electrons. The Kier molecular flexibility index (Phi) is 7.11. The van der Waals surface area contributed by atoms with Crippen LogP contribution in [-0.2, 0) is 9.53 Å². The van der Waals surface area contributed by atoms with Gasteiger partial charge in [0, 0.05) is 0 Å². The first-order valence-corrected chi connectivity index (χ1v) is 6.01. The minimum Gasteiger partial charge on any atom is -0.435 e. The summed E-state index contributed by atoms with van der Waals surface area (Å²) in [4.78, 5) is 11.4. The van der Waals surface area contributed by atoms with Crippen LogP contribution < -0.4 is 0 Å². The van der Waals surface area contributed by atoms with Crippen LogP contribution in [0.15, 0.2) is 12.8 Å². The number of ether oxygens (including phenoxy) is 1. The highest BCUT2D eigenvalue weighted by Gasteiger charge is 2.17. The monoisotopic (exact) mass is 225 g/mol. The minimum absolute atomic E-state index is 0.0713. The van der Waals surface area contributed by atoms with Gasteiger partial charge in [0.2, 0.25) is 0 Å². The van der Waals surface area contributed by atoms with Crippen LogP contribution in [0.25, 0.3) is 0 Å². The van der Waals surface area contributed by atoms with Gasteiger partial charge in [0.1, 0.15) is 0 Å². The number of hydrogen-bond acceptors (Lipinski definition) is 2. The van der Waals surface area contributed by atoms with E-state index in [9.17, 15) is 4.79 Å². The lowest BCUT2D eigenvalue weighted by Crippen LogP contribution is -2.15. The van der Waals surface area contributed by atoms with Gasteiger partial charge < -0.3 is 4.74 Å². The summed E-state index contributed by atoms with van der Waals surface area (Å²) in [6.07, 6.45) is 6.06. The highest BCUT2D eigenvalue weighted by atomic mass is 16.5. The van der Waals surface area contributed by atoms with Crippen LogP contribution in [0.3, 0.4) is 0 Å². The quantitative estimate of drug-likeness (QED) is 0.370. The van der Waals surface area contributed by atoms with Gasteiger partial charge in [-0.1, -0.05) is 47.1 Å². The first-order valence-electron chi connectivity index (χ1n) is 6.01. The summed E-state index contributed by atoms with van der Waals surface area (Å²) < 4.78 is 4.78. The molecule has 1 unspecified atom stereocenters. The average molecular weight is 225 g/mol.